The van der Waals surface area contributed by atoms with Crippen LogP contribution in [0.25, 0.3) is 0 Å². The second-order valence-electron chi connectivity index (χ2n) is 3.52. The van der Waals surface area contributed by atoms with Crippen molar-refractivity contribution < 1.29 is 0 Å². The van der Waals surface area contributed by atoms with Crippen LogP contribution in [-0.4, -0.2) is 0 Å². The summed E-state index contributed by atoms with van der Waals surface area (Å²) in [6.45, 7) is 2.08. The molecule has 0 aliphatic carbocycles. The summed E-state index contributed by atoms with van der Waals surface area (Å²) >= 11 is 0. The fourth-order valence-corrected chi connectivity index (χ4v) is 1.56. The van der Waals surface area contributed by atoms with Crippen molar-refractivity contribution in [1.82, 2.24) is 0 Å². The van der Waals surface area contributed by atoms with Crippen molar-refractivity contribution in [3.05, 3.63) is 71.3 Å². The average Bonchev–Trinajstić information content (AvgIpc) is 2.19. The molecule has 0 bridgehead atoms. The van der Waals surface area contributed by atoms with E-state index in [1.807, 2.05) is 6.07 Å². The Morgan fingerprint density at radius 2 is 1.71 bits per heavy atom. The maximum absolute atomic E-state index is 3.36. The highest BCUT2D eigenvalue weighted by molar-refractivity contribution is 5.27. The van der Waals surface area contributed by atoms with Crippen LogP contribution in [0.1, 0.15) is 16.7 Å². The molecule has 0 unspecified atom stereocenters. The number of hydrogen-bond acceptors (Lipinski definition) is 0. The summed E-state index contributed by atoms with van der Waals surface area (Å²) in [6, 6.07) is 20.1. The molecule has 2 rings (SSSR count). The van der Waals surface area contributed by atoms with Crippen LogP contribution in [0, 0.1) is 13.0 Å². The average molecular weight is 181 g/mol. The van der Waals surface area contributed by atoms with E-state index in [-0.39, 0.29) is 0 Å². The van der Waals surface area contributed by atoms with E-state index in [1.54, 1.807) is 0 Å². The molecule has 0 nitrogen and oxygen atoms in total. The van der Waals surface area contributed by atoms with Crippen LogP contribution in [0.3, 0.4) is 0 Å². The van der Waals surface area contributed by atoms with Crippen molar-refractivity contribution in [2.24, 2.45) is 0 Å². The summed E-state index contributed by atoms with van der Waals surface area (Å²) in [4.78, 5) is 0. The molecule has 69 valence electrons. The van der Waals surface area contributed by atoms with E-state index in [0.29, 0.717) is 0 Å². The molecule has 0 heterocycles. The molecule has 0 fully saturated rings. The van der Waals surface area contributed by atoms with Crippen LogP contribution in [0.2, 0.25) is 0 Å². The summed E-state index contributed by atoms with van der Waals surface area (Å²) in [5.74, 6) is 0. The Labute approximate surface area is 85.2 Å². The van der Waals surface area contributed by atoms with E-state index >= 15 is 0 Å². The summed E-state index contributed by atoms with van der Waals surface area (Å²) in [5, 5.41) is 0. The van der Waals surface area contributed by atoms with E-state index in [4.69, 9.17) is 0 Å². The van der Waals surface area contributed by atoms with Gasteiger partial charge in [0.1, 0.15) is 0 Å². The van der Waals surface area contributed by atoms with Gasteiger partial charge in [-0.05, 0) is 36.1 Å². The Bertz CT molecular complexity index is 401. The van der Waals surface area contributed by atoms with E-state index in [0.717, 1.165) is 6.42 Å². The van der Waals surface area contributed by atoms with Gasteiger partial charge in [-0.3, -0.25) is 0 Å². The third kappa shape index (κ3) is 2.23. The minimum absolute atomic E-state index is 0.975. The van der Waals surface area contributed by atoms with Gasteiger partial charge in [0.2, 0.25) is 0 Å². The SMILES string of the molecule is Cc1[c]c(Cc2ccccc2)ccc1. The van der Waals surface area contributed by atoms with Crippen LogP contribution >= 0.6 is 0 Å². The topological polar surface area (TPSA) is 0 Å². The third-order valence-corrected chi connectivity index (χ3v) is 2.24. The Kier molecular flexibility index (Phi) is 2.64. The lowest BCUT2D eigenvalue weighted by Crippen LogP contribution is -1.88. The molecule has 0 aromatic heterocycles. The predicted molar refractivity (Wildman–Crippen MR) is 59.3 cm³/mol. The molecule has 0 N–H and O–H groups in total. The van der Waals surface area contributed by atoms with Crippen LogP contribution in [0.4, 0.5) is 0 Å². The van der Waals surface area contributed by atoms with Gasteiger partial charge >= 0.3 is 0 Å². The highest BCUT2D eigenvalue weighted by Gasteiger charge is 1.95. The van der Waals surface area contributed by atoms with Crippen molar-refractivity contribution >= 4 is 0 Å². The number of aryl methyl sites for hydroxylation is 1. The van der Waals surface area contributed by atoms with Gasteiger partial charge in [-0.25, -0.2) is 0 Å². The van der Waals surface area contributed by atoms with Gasteiger partial charge in [0, 0.05) is 0 Å². The van der Waals surface area contributed by atoms with Gasteiger partial charge in [-0.1, -0.05) is 48.5 Å². The molecule has 0 aliphatic rings. The zero-order chi connectivity index (χ0) is 9.80. The second-order valence-corrected chi connectivity index (χ2v) is 3.52. The van der Waals surface area contributed by atoms with Crippen LogP contribution in [0.5, 0.6) is 0 Å². The molecule has 0 saturated carbocycles. The predicted octanol–water partition coefficient (Wildman–Crippen LogP) is 3.39. The largest absolute Gasteiger partial charge is 0.0622 e. The molecule has 0 amide bonds. The van der Waals surface area contributed by atoms with Gasteiger partial charge in [0.05, 0.1) is 0 Å². The number of rotatable bonds is 2. The highest BCUT2D eigenvalue weighted by atomic mass is 14.0. The zero-order valence-corrected chi connectivity index (χ0v) is 8.33. The lowest BCUT2D eigenvalue weighted by Gasteiger charge is -2.01. The van der Waals surface area contributed by atoms with Gasteiger partial charge in [0.15, 0.2) is 0 Å². The molecule has 14 heavy (non-hydrogen) atoms. The Morgan fingerprint density at radius 3 is 2.43 bits per heavy atom. The van der Waals surface area contributed by atoms with Crippen molar-refractivity contribution in [2.75, 3.05) is 0 Å². The molecular weight excluding hydrogens is 168 g/mol. The molecule has 2 aromatic rings. The van der Waals surface area contributed by atoms with Crippen molar-refractivity contribution in [3.63, 3.8) is 0 Å². The minimum atomic E-state index is 0.975. The summed E-state index contributed by atoms with van der Waals surface area (Å²) in [5.41, 5.74) is 3.81. The molecule has 0 aliphatic heterocycles. The first-order valence-electron chi connectivity index (χ1n) is 4.86. The van der Waals surface area contributed by atoms with Crippen molar-refractivity contribution in [2.45, 2.75) is 13.3 Å². The smallest absolute Gasteiger partial charge is 0.00195 e. The molecule has 2 aromatic carbocycles. The van der Waals surface area contributed by atoms with Crippen molar-refractivity contribution in [3.8, 4) is 0 Å². The lowest BCUT2D eigenvalue weighted by molar-refractivity contribution is 1.18. The highest BCUT2D eigenvalue weighted by Crippen LogP contribution is 2.09. The van der Waals surface area contributed by atoms with Gasteiger partial charge < -0.3 is 0 Å². The van der Waals surface area contributed by atoms with Gasteiger partial charge in [-0.2, -0.15) is 0 Å². The normalized spacial score (nSPS) is 10.1. The maximum Gasteiger partial charge on any atom is -0.00195 e. The summed E-state index contributed by atoms with van der Waals surface area (Å²) < 4.78 is 0. The van der Waals surface area contributed by atoms with Crippen LogP contribution in [-0.2, 0) is 6.42 Å². The molecule has 0 atom stereocenters. The monoisotopic (exact) mass is 181 g/mol. The third-order valence-electron chi connectivity index (χ3n) is 2.24. The number of hydrogen-bond donors (Lipinski definition) is 0. The van der Waals surface area contributed by atoms with Gasteiger partial charge in [0.25, 0.3) is 0 Å². The molecular formula is C14H13. The molecule has 1 radical (unpaired) electrons. The first-order chi connectivity index (χ1) is 6.84. The summed E-state index contributed by atoms with van der Waals surface area (Å²) in [7, 11) is 0. The summed E-state index contributed by atoms with van der Waals surface area (Å²) in [6.07, 6.45) is 0.975. The lowest BCUT2D eigenvalue weighted by atomic mass is 10.0. The van der Waals surface area contributed by atoms with E-state index in [2.05, 4.69) is 55.5 Å². The van der Waals surface area contributed by atoms with Gasteiger partial charge in [-0.15, -0.1) is 0 Å². The molecule has 0 spiro atoms. The first kappa shape index (κ1) is 9.01. The van der Waals surface area contributed by atoms with E-state index < -0.39 is 0 Å². The second kappa shape index (κ2) is 4.10. The quantitative estimate of drug-likeness (QED) is 0.666. The zero-order valence-electron chi connectivity index (χ0n) is 8.33. The Hall–Kier alpha value is -1.56. The first-order valence-corrected chi connectivity index (χ1v) is 4.86. The Morgan fingerprint density at radius 1 is 0.929 bits per heavy atom. The fourth-order valence-electron chi connectivity index (χ4n) is 1.56. The van der Waals surface area contributed by atoms with E-state index in [9.17, 15) is 0 Å². The van der Waals surface area contributed by atoms with Crippen LogP contribution in [0.15, 0.2) is 48.5 Å². The van der Waals surface area contributed by atoms with Crippen LogP contribution < -0.4 is 0 Å². The number of benzene rings is 2. The molecule has 0 heteroatoms. The van der Waals surface area contributed by atoms with E-state index in [1.165, 1.54) is 16.7 Å². The Balaban J connectivity index is 2.19. The maximum atomic E-state index is 3.36. The molecule has 0 saturated heterocycles. The minimum Gasteiger partial charge on any atom is -0.0622 e. The fraction of sp³-hybridized carbons (Fsp3) is 0.143. The standard InChI is InChI=1S/C14H13/c1-12-6-5-9-14(10-12)11-13-7-3-2-4-8-13/h2-9H,11H2,1H3. The van der Waals surface area contributed by atoms with Crippen molar-refractivity contribution in [1.29, 1.82) is 0 Å².